The highest BCUT2D eigenvalue weighted by molar-refractivity contribution is 7.87. The molecule has 0 aliphatic heterocycles. The van der Waals surface area contributed by atoms with Crippen LogP contribution in [0, 0.1) is 0 Å². The second-order valence-corrected chi connectivity index (χ2v) is 6.10. The van der Waals surface area contributed by atoms with E-state index in [0.29, 0.717) is 6.29 Å². The summed E-state index contributed by atoms with van der Waals surface area (Å²) in [6.07, 6.45) is -0.840. The molecule has 0 amide bonds. The highest BCUT2D eigenvalue weighted by atomic mass is 32.2. The number of hydrogen-bond acceptors (Lipinski definition) is 6. The summed E-state index contributed by atoms with van der Waals surface area (Å²) in [5.74, 6) is -0.738. The molecule has 2 aromatic carbocycles. The number of benzene rings is 2. The molecule has 0 heterocycles. The molecule has 6 nitrogen and oxygen atoms in total. The highest BCUT2D eigenvalue weighted by Crippen LogP contribution is 2.29. The Morgan fingerprint density at radius 1 is 1.04 bits per heavy atom. The first kappa shape index (κ1) is 16.7. The van der Waals surface area contributed by atoms with Crippen LogP contribution in [0.1, 0.15) is 18.6 Å². The fourth-order valence-electron chi connectivity index (χ4n) is 1.89. The van der Waals surface area contributed by atoms with Gasteiger partial charge in [0.2, 0.25) is 0 Å². The zero-order valence-corrected chi connectivity index (χ0v) is 13.0. The van der Waals surface area contributed by atoms with Gasteiger partial charge >= 0.3 is 16.1 Å². The summed E-state index contributed by atoms with van der Waals surface area (Å²) in [5.41, 5.74) is 0.150. The second kappa shape index (κ2) is 7.06. The normalized spacial score (nSPS) is 12.2. The maximum absolute atomic E-state index is 12.3. The average molecular weight is 334 g/mol. The van der Waals surface area contributed by atoms with Crippen LogP contribution in [0.4, 0.5) is 0 Å². The van der Waals surface area contributed by atoms with Crippen molar-refractivity contribution in [2.24, 2.45) is 0 Å². The zero-order chi connectivity index (χ0) is 16.9. The van der Waals surface area contributed by atoms with E-state index < -0.39 is 22.2 Å². The number of ether oxygens (including phenoxy) is 1. The summed E-state index contributed by atoms with van der Waals surface area (Å²) in [6, 6.07) is 13.6. The smallest absolute Gasteiger partial charge is 0.339 e. The summed E-state index contributed by atoms with van der Waals surface area (Å²) in [6.45, 7) is 1.15. The highest BCUT2D eigenvalue weighted by Gasteiger charge is 2.23. The van der Waals surface area contributed by atoms with E-state index in [1.165, 1.54) is 24.3 Å². The van der Waals surface area contributed by atoms with Crippen LogP contribution in [-0.2, 0) is 24.4 Å². The molecule has 0 aliphatic rings. The molecule has 0 spiro atoms. The van der Waals surface area contributed by atoms with E-state index >= 15 is 0 Å². The number of esters is 1. The third-order valence-corrected chi connectivity index (χ3v) is 4.12. The molecule has 0 saturated carbocycles. The average Bonchev–Trinajstić information content (AvgIpc) is 2.53. The third-order valence-electron chi connectivity index (χ3n) is 2.87. The van der Waals surface area contributed by atoms with Crippen molar-refractivity contribution >= 4 is 22.4 Å². The van der Waals surface area contributed by atoms with Gasteiger partial charge in [-0.1, -0.05) is 36.4 Å². The molecular weight excluding hydrogens is 320 g/mol. The lowest BCUT2D eigenvalue weighted by atomic mass is 10.1. The third kappa shape index (κ3) is 4.17. The Morgan fingerprint density at radius 2 is 1.65 bits per heavy atom. The number of carbonyl (C=O) groups is 2. The molecule has 0 bridgehead atoms. The first-order chi connectivity index (χ1) is 10.9. The predicted octanol–water partition coefficient (Wildman–Crippen LogP) is 2.26. The summed E-state index contributed by atoms with van der Waals surface area (Å²) in [7, 11) is -4.06. The van der Waals surface area contributed by atoms with Gasteiger partial charge in [-0.25, -0.2) is 0 Å². The minimum absolute atomic E-state index is 0.0232. The lowest BCUT2D eigenvalue weighted by Gasteiger charge is -2.15. The van der Waals surface area contributed by atoms with Gasteiger partial charge in [-0.05, 0) is 18.2 Å². The molecule has 23 heavy (non-hydrogen) atoms. The molecule has 0 radical (unpaired) electrons. The van der Waals surface area contributed by atoms with Crippen molar-refractivity contribution in [2.75, 3.05) is 0 Å². The SMILES string of the molecule is CC(=O)OC(C=O)c1ccccc1OS(=O)(=O)c1ccccc1. The van der Waals surface area contributed by atoms with E-state index in [4.69, 9.17) is 8.92 Å². The van der Waals surface area contributed by atoms with Crippen LogP contribution < -0.4 is 4.18 Å². The number of rotatable bonds is 6. The van der Waals surface area contributed by atoms with Crippen LogP contribution >= 0.6 is 0 Å². The van der Waals surface area contributed by atoms with Gasteiger partial charge in [-0.2, -0.15) is 8.42 Å². The fourth-order valence-corrected chi connectivity index (χ4v) is 2.86. The summed E-state index contributed by atoms with van der Waals surface area (Å²) >= 11 is 0. The fraction of sp³-hybridized carbons (Fsp3) is 0.125. The molecule has 0 N–H and O–H groups in total. The number of carbonyl (C=O) groups excluding carboxylic acids is 2. The maximum Gasteiger partial charge on any atom is 0.339 e. The minimum Gasteiger partial charge on any atom is -0.450 e. The van der Waals surface area contributed by atoms with Crippen molar-refractivity contribution in [3.8, 4) is 5.75 Å². The quantitative estimate of drug-likeness (QED) is 0.457. The van der Waals surface area contributed by atoms with Crippen LogP contribution in [0.25, 0.3) is 0 Å². The first-order valence-electron chi connectivity index (χ1n) is 6.65. The zero-order valence-electron chi connectivity index (χ0n) is 12.2. The first-order valence-corrected chi connectivity index (χ1v) is 8.06. The predicted molar refractivity (Wildman–Crippen MR) is 81.3 cm³/mol. The lowest BCUT2D eigenvalue weighted by Crippen LogP contribution is -2.14. The molecule has 7 heteroatoms. The van der Waals surface area contributed by atoms with Crippen molar-refractivity contribution in [1.29, 1.82) is 0 Å². The Kier molecular flexibility index (Phi) is 5.13. The number of hydrogen-bond donors (Lipinski definition) is 0. The molecule has 1 atom stereocenters. The molecule has 0 fully saturated rings. The number of aldehydes is 1. The van der Waals surface area contributed by atoms with Crippen LogP contribution in [0.2, 0.25) is 0 Å². The van der Waals surface area contributed by atoms with Gasteiger partial charge in [0, 0.05) is 12.5 Å². The minimum atomic E-state index is -4.06. The molecule has 2 rings (SSSR count). The molecule has 120 valence electrons. The van der Waals surface area contributed by atoms with Crippen molar-refractivity contribution < 1.29 is 26.9 Å². The Labute approximate surface area is 133 Å². The van der Waals surface area contributed by atoms with Crippen LogP contribution in [0.15, 0.2) is 59.5 Å². The largest absolute Gasteiger partial charge is 0.450 e. The Bertz CT molecular complexity index is 798. The molecule has 0 aromatic heterocycles. The monoisotopic (exact) mass is 334 g/mol. The van der Waals surface area contributed by atoms with Crippen molar-refractivity contribution in [2.45, 2.75) is 17.9 Å². The van der Waals surface area contributed by atoms with Crippen molar-refractivity contribution in [3.63, 3.8) is 0 Å². The topological polar surface area (TPSA) is 86.7 Å². The van der Waals surface area contributed by atoms with Gasteiger partial charge in [0.25, 0.3) is 0 Å². The van der Waals surface area contributed by atoms with E-state index in [9.17, 15) is 18.0 Å². The lowest BCUT2D eigenvalue weighted by molar-refractivity contribution is -0.149. The maximum atomic E-state index is 12.3. The van der Waals surface area contributed by atoms with Gasteiger partial charge in [-0.3, -0.25) is 9.59 Å². The molecule has 2 aromatic rings. The summed E-state index contributed by atoms with van der Waals surface area (Å²) < 4.78 is 34.5. The Hall–Kier alpha value is -2.67. The van der Waals surface area contributed by atoms with Crippen molar-refractivity contribution in [1.82, 2.24) is 0 Å². The Balaban J connectivity index is 2.38. The molecular formula is C16H14O6S. The molecule has 1 unspecified atom stereocenters. The van der Waals surface area contributed by atoms with E-state index in [1.54, 1.807) is 30.3 Å². The van der Waals surface area contributed by atoms with E-state index in [2.05, 4.69) is 0 Å². The summed E-state index contributed by atoms with van der Waals surface area (Å²) in [4.78, 5) is 22.2. The molecule has 0 aliphatic carbocycles. The van der Waals surface area contributed by atoms with Crippen molar-refractivity contribution in [3.05, 3.63) is 60.2 Å². The summed E-state index contributed by atoms with van der Waals surface area (Å²) in [5, 5.41) is 0. The van der Waals surface area contributed by atoms with E-state index in [-0.39, 0.29) is 16.2 Å². The van der Waals surface area contributed by atoms with Crippen LogP contribution in [0.5, 0.6) is 5.75 Å². The van der Waals surface area contributed by atoms with Crippen LogP contribution in [-0.4, -0.2) is 20.7 Å². The van der Waals surface area contributed by atoms with Crippen LogP contribution in [0.3, 0.4) is 0 Å². The van der Waals surface area contributed by atoms with Gasteiger partial charge in [0.15, 0.2) is 12.4 Å². The standard InChI is InChI=1S/C16H14O6S/c1-12(18)21-16(11-17)14-9-5-6-10-15(14)22-23(19,20)13-7-3-2-4-8-13/h2-11,16H,1H3. The molecule has 0 saturated heterocycles. The van der Waals surface area contributed by atoms with E-state index in [0.717, 1.165) is 6.92 Å². The van der Waals surface area contributed by atoms with Gasteiger partial charge in [-0.15, -0.1) is 0 Å². The Morgan fingerprint density at radius 3 is 2.26 bits per heavy atom. The van der Waals surface area contributed by atoms with Gasteiger partial charge in [0.05, 0.1) is 0 Å². The second-order valence-electron chi connectivity index (χ2n) is 4.55. The van der Waals surface area contributed by atoms with Gasteiger partial charge in [0.1, 0.15) is 10.6 Å². The van der Waals surface area contributed by atoms with Gasteiger partial charge < -0.3 is 8.92 Å². The van der Waals surface area contributed by atoms with E-state index in [1.807, 2.05) is 0 Å². The number of para-hydroxylation sites is 1.